The van der Waals surface area contributed by atoms with E-state index in [4.69, 9.17) is 37.6 Å². The second-order valence-electron chi connectivity index (χ2n) is 10.9. The largest absolute Gasteiger partial charge is 0.504 e. The molecule has 2 aliphatic heterocycles. The van der Waals surface area contributed by atoms with Crippen LogP contribution in [-0.4, -0.2) is 130 Å². The first-order valence-corrected chi connectivity index (χ1v) is 14.3. The van der Waals surface area contributed by atoms with Crippen molar-refractivity contribution in [1.82, 2.24) is 0 Å². The summed E-state index contributed by atoms with van der Waals surface area (Å²) in [5, 5.41) is 83.3. The smallest absolute Gasteiger partial charge is 0.235 e. The Balaban J connectivity index is 1.57. The van der Waals surface area contributed by atoms with E-state index in [1.165, 1.54) is 46.5 Å². The maximum absolute atomic E-state index is 13.7. The number of aromatic hydroxyl groups is 2. The highest BCUT2D eigenvalue weighted by Crippen LogP contribution is 2.46. The Bertz CT molecular complexity index is 1640. The third kappa shape index (κ3) is 6.13. The molecule has 2 aliphatic rings. The summed E-state index contributed by atoms with van der Waals surface area (Å²) in [5.74, 6) is -1.98. The number of benzene rings is 2. The van der Waals surface area contributed by atoms with Gasteiger partial charge in [0, 0.05) is 5.56 Å². The van der Waals surface area contributed by atoms with Gasteiger partial charge in [0.2, 0.25) is 29.0 Å². The Morgan fingerprint density at radius 2 is 1.49 bits per heavy atom. The fraction of sp³-hybridized carbons (Fsp3) is 0.500. The Kier molecular flexibility index (Phi) is 10.0. The molecular formula is C30H36O17. The van der Waals surface area contributed by atoms with Crippen LogP contribution in [0.15, 0.2) is 33.5 Å². The summed E-state index contributed by atoms with van der Waals surface area (Å²) >= 11 is 0. The summed E-state index contributed by atoms with van der Waals surface area (Å²) in [4.78, 5) is 13.7. The van der Waals surface area contributed by atoms with Gasteiger partial charge in [0.1, 0.15) is 36.6 Å². The van der Waals surface area contributed by atoms with Crippen LogP contribution >= 0.6 is 0 Å². The molecule has 3 aromatic rings. The summed E-state index contributed by atoms with van der Waals surface area (Å²) in [6, 6.07) is 5.31. The molecule has 258 valence electrons. The molecule has 2 aromatic carbocycles. The van der Waals surface area contributed by atoms with Crippen LogP contribution in [0.1, 0.15) is 6.92 Å². The third-order valence-corrected chi connectivity index (χ3v) is 8.05. The summed E-state index contributed by atoms with van der Waals surface area (Å²) in [6.07, 6.45) is -16.0. The van der Waals surface area contributed by atoms with E-state index in [1.807, 2.05) is 0 Å². The normalized spacial score (nSPS) is 31.0. The SMILES string of the molecule is COc1ccc(-c2oc3c(O)c(OC)c(O[C@@H]4O[C@H](CO)[C@@H](O)[C@H](O)[C@H]4O[C@@H]4O[C@@H](C)[C@H](O)[C@@H](O)[C@H]4O)cc3c(=O)c2OC)cc1O. The Morgan fingerprint density at radius 1 is 0.787 bits per heavy atom. The summed E-state index contributed by atoms with van der Waals surface area (Å²) in [6.45, 7) is 0.625. The van der Waals surface area contributed by atoms with Crippen molar-refractivity contribution in [1.29, 1.82) is 0 Å². The molecule has 0 bridgehead atoms. The van der Waals surface area contributed by atoms with E-state index in [0.717, 1.165) is 6.07 Å². The van der Waals surface area contributed by atoms with Crippen molar-refractivity contribution in [3.05, 3.63) is 34.5 Å². The van der Waals surface area contributed by atoms with Crippen molar-refractivity contribution in [2.45, 2.75) is 68.3 Å². The number of aliphatic hydroxyl groups is 6. The van der Waals surface area contributed by atoms with Gasteiger partial charge in [-0.1, -0.05) is 0 Å². The van der Waals surface area contributed by atoms with Gasteiger partial charge in [0.15, 0.2) is 41.0 Å². The first-order chi connectivity index (χ1) is 22.4. The lowest BCUT2D eigenvalue weighted by atomic mass is 9.97. The molecule has 2 saturated heterocycles. The number of rotatable bonds is 9. The molecule has 0 amide bonds. The second kappa shape index (κ2) is 13.7. The number of fused-ring (bicyclic) bond motifs is 1. The van der Waals surface area contributed by atoms with Crippen LogP contribution in [0.25, 0.3) is 22.3 Å². The summed E-state index contributed by atoms with van der Waals surface area (Å²) < 4.78 is 44.4. The molecule has 3 heterocycles. The van der Waals surface area contributed by atoms with Crippen LogP contribution in [0.5, 0.6) is 34.5 Å². The van der Waals surface area contributed by atoms with Crippen molar-refractivity contribution in [3.8, 4) is 45.8 Å². The first kappa shape index (κ1) is 34.4. The molecule has 1 aromatic heterocycles. The van der Waals surface area contributed by atoms with E-state index in [0.29, 0.717) is 0 Å². The van der Waals surface area contributed by atoms with E-state index in [1.54, 1.807) is 0 Å². The standard InChI is InChI=1S/C30H36O17/c1-10-17(33)20(36)22(38)29(43-10)47-28-21(37)19(35)16(9-31)45-30(28)44-15-8-12-18(34)27(42-4)24(46-25(12)23(39)26(15)41-3)11-5-6-14(40-2)13(32)7-11/h5-8,10,16-17,19-22,28-33,35-39H,9H2,1-4H3/t10-,16+,17-,19+,20+,21-,22+,28+,29-,30+/m0/s1. The van der Waals surface area contributed by atoms with Crippen molar-refractivity contribution >= 4 is 11.0 Å². The van der Waals surface area contributed by atoms with Gasteiger partial charge in [0.25, 0.3) is 0 Å². The molecule has 0 aliphatic carbocycles. The number of methoxy groups -OCH3 is 3. The Morgan fingerprint density at radius 3 is 2.11 bits per heavy atom. The van der Waals surface area contributed by atoms with Gasteiger partial charge < -0.3 is 78.4 Å². The minimum absolute atomic E-state index is 0.145. The fourth-order valence-electron chi connectivity index (χ4n) is 5.45. The number of hydrogen-bond acceptors (Lipinski definition) is 17. The highest BCUT2D eigenvalue weighted by atomic mass is 16.8. The van der Waals surface area contributed by atoms with Crippen LogP contribution in [0.2, 0.25) is 0 Å². The average molecular weight is 669 g/mol. The van der Waals surface area contributed by atoms with Crippen molar-refractivity contribution < 1.29 is 78.4 Å². The quantitative estimate of drug-likeness (QED) is 0.135. The monoisotopic (exact) mass is 668 g/mol. The third-order valence-electron chi connectivity index (χ3n) is 8.05. The van der Waals surface area contributed by atoms with Crippen LogP contribution in [-0.2, 0) is 14.2 Å². The van der Waals surface area contributed by atoms with Gasteiger partial charge in [-0.25, -0.2) is 0 Å². The number of phenols is 2. The van der Waals surface area contributed by atoms with Crippen molar-refractivity contribution in [2.75, 3.05) is 27.9 Å². The molecule has 5 rings (SSSR count). The zero-order valence-electron chi connectivity index (χ0n) is 25.5. The summed E-state index contributed by atoms with van der Waals surface area (Å²) in [7, 11) is 3.74. The molecular weight excluding hydrogens is 632 g/mol. The fourth-order valence-corrected chi connectivity index (χ4v) is 5.45. The van der Waals surface area contributed by atoms with Gasteiger partial charge >= 0.3 is 0 Å². The molecule has 0 unspecified atom stereocenters. The molecule has 17 nitrogen and oxygen atoms in total. The second-order valence-corrected chi connectivity index (χ2v) is 10.9. The van der Waals surface area contributed by atoms with Gasteiger partial charge in [-0.3, -0.25) is 4.79 Å². The minimum atomic E-state index is -1.84. The molecule has 8 N–H and O–H groups in total. The van der Waals surface area contributed by atoms with E-state index in [9.17, 15) is 45.6 Å². The van der Waals surface area contributed by atoms with Crippen LogP contribution in [0.3, 0.4) is 0 Å². The maximum Gasteiger partial charge on any atom is 0.235 e. The Labute approximate surface area is 266 Å². The molecule has 2 fully saturated rings. The van der Waals surface area contributed by atoms with Crippen molar-refractivity contribution in [2.24, 2.45) is 0 Å². The topological polar surface area (TPSA) is 257 Å². The highest BCUT2D eigenvalue weighted by Gasteiger charge is 2.51. The molecule has 10 atom stereocenters. The minimum Gasteiger partial charge on any atom is -0.504 e. The zero-order chi connectivity index (χ0) is 34.3. The molecule has 0 saturated carbocycles. The van der Waals surface area contributed by atoms with Crippen LogP contribution in [0.4, 0.5) is 0 Å². The first-order valence-electron chi connectivity index (χ1n) is 14.3. The molecule has 47 heavy (non-hydrogen) atoms. The molecule has 0 radical (unpaired) electrons. The van der Waals surface area contributed by atoms with Gasteiger partial charge in [-0.05, 0) is 31.2 Å². The van der Waals surface area contributed by atoms with Gasteiger partial charge in [-0.2, -0.15) is 0 Å². The van der Waals surface area contributed by atoms with Crippen LogP contribution in [0, 0.1) is 0 Å². The van der Waals surface area contributed by atoms with Gasteiger partial charge in [0.05, 0.1) is 39.4 Å². The molecule has 0 spiro atoms. The lowest BCUT2D eigenvalue weighted by Crippen LogP contribution is -2.64. The predicted molar refractivity (Wildman–Crippen MR) is 157 cm³/mol. The van der Waals surface area contributed by atoms with E-state index < -0.39 is 79.2 Å². The lowest BCUT2D eigenvalue weighted by molar-refractivity contribution is -0.354. The van der Waals surface area contributed by atoms with E-state index >= 15 is 0 Å². The van der Waals surface area contributed by atoms with E-state index in [2.05, 4.69) is 0 Å². The number of aliphatic hydroxyl groups excluding tert-OH is 6. The maximum atomic E-state index is 13.7. The Hall–Kier alpha value is -3.91. The predicted octanol–water partition coefficient (Wildman–Crippen LogP) is -1.07. The number of phenolic OH excluding ortho intramolecular Hbond substituents is 2. The van der Waals surface area contributed by atoms with Crippen LogP contribution < -0.4 is 24.4 Å². The summed E-state index contributed by atoms with van der Waals surface area (Å²) in [5.41, 5.74) is -0.926. The lowest BCUT2D eigenvalue weighted by Gasteiger charge is -2.45. The van der Waals surface area contributed by atoms with Crippen molar-refractivity contribution in [3.63, 3.8) is 0 Å². The number of hydrogen-bond donors (Lipinski definition) is 8. The molecule has 17 heteroatoms. The van der Waals surface area contributed by atoms with Gasteiger partial charge in [-0.15, -0.1) is 0 Å². The van der Waals surface area contributed by atoms with E-state index in [-0.39, 0.29) is 51.0 Å². The average Bonchev–Trinajstić information content (AvgIpc) is 3.06. The highest BCUT2D eigenvalue weighted by molar-refractivity contribution is 5.90. The number of ether oxygens (including phenoxy) is 7. The zero-order valence-corrected chi connectivity index (χ0v) is 25.5.